The number of nitrogens with one attached hydrogen (secondary N) is 2. The SMILES string of the molecule is CCNC(=NCc1cccc(Oc2ccccc2)c1)NC(C)CCS(C)(=O)=O. The second-order valence-electron chi connectivity index (χ2n) is 6.72. The predicted octanol–water partition coefficient (Wildman–Crippen LogP) is 3.36. The minimum absolute atomic E-state index is 0.000253. The summed E-state index contributed by atoms with van der Waals surface area (Å²) in [5.41, 5.74) is 1.02. The van der Waals surface area contributed by atoms with Gasteiger partial charge in [0.2, 0.25) is 0 Å². The maximum atomic E-state index is 11.3. The number of para-hydroxylation sites is 1. The molecule has 2 aromatic rings. The molecule has 1 atom stereocenters. The average Bonchev–Trinajstić information content (AvgIpc) is 2.65. The topological polar surface area (TPSA) is 79.8 Å². The highest BCUT2D eigenvalue weighted by molar-refractivity contribution is 7.90. The lowest BCUT2D eigenvalue weighted by molar-refractivity contribution is 0.482. The van der Waals surface area contributed by atoms with Crippen molar-refractivity contribution in [1.82, 2.24) is 10.6 Å². The number of ether oxygens (including phenoxy) is 1. The molecule has 0 aromatic heterocycles. The summed E-state index contributed by atoms with van der Waals surface area (Å²) in [7, 11) is -2.97. The van der Waals surface area contributed by atoms with E-state index in [0.717, 1.165) is 23.6 Å². The van der Waals surface area contributed by atoms with Crippen molar-refractivity contribution < 1.29 is 13.2 Å². The number of benzene rings is 2. The first kappa shape index (κ1) is 21.8. The molecule has 2 N–H and O–H groups in total. The van der Waals surface area contributed by atoms with E-state index in [2.05, 4.69) is 15.6 Å². The van der Waals surface area contributed by atoms with Gasteiger partial charge in [0.05, 0.1) is 12.3 Å². The van der Waals surface area contributed by atoms with Crippen LogP contribution in [0, 0.1) is 0 Å². The summed E-state index contributed by atoms with van der Waals surface area (Å²) < 4.78 is 28.5. The number of rotatable bonds is 9. The second kappa shape index (κ2) is 10.7. The summed E-state index contributed by atoms with van der Waals surface area (Å²) in [4.78, 5) is 4.61. The first-order chi connectivity index (χ1) is 13.4. The Balaban J connectivity index is 1.98. The van der Waals surface area contributed by atoms with Crippen LogP contribution in [0.4, 0.5) is 0 Å². The van der Waals surface area contributed by atoms with E-state index in [0.29, 0.717) is 18.9 Å². The fourth-order valence-corrected chi connectivity index (χ4v) is 3.30. The van der Waals surface area contributed by atoms with Crippen molar-refractivity contribution in [2.75, 3.05) is 18.6 Å². The minimum atomic E-state index is -2.97. The van der Waals surface area contributed by atoms with Gasteiger partial charge in [0.15, 0.2) is 5.96 Å². The van der Waals surface area contributed by atoms with Gasteiger partial charge in [-0.2, -0.15) is 0 Å². The molecule has 0 saturated heterocycles. The van der Waals surface area contributed by atoms with Crippen LogP contribution >= 0.6 is 0 Å². The van der Waals surface area contributed by atoms with Gasteiger partial charge in [-0.1, -0.05) is 30.3 Å². The highest BCUT2D eigenvalue weighted by Crippen LogP contribution is 2.22. The molecule has 0 aliphatic heterocycles. The van der Waals surface area contributed by atoms with Crippen LogP contribution in [0.5, 0.6) is 11.5 Å². The van der Waals surface area contributed by atoms with Crippen molar-refractivity contribution in [2.24, 2.45) is 4.99 Å². The lowest BCUT2D eigenvalue weighted by atomic mass is 10.2. The Bertz CT molecular complexity index is 867. The molecular weight excluding hydrogens is 374 g/mol. The van der Waals surface area contributed by atoms with Gasteiger partial charge in [0, 0.05) is 18.8 Å². The zero-order valence-corrected chi connectivity index (χ0v) is 17.5. The Labute approximate surface area is 168 Å². The van der Waals surface area contributed by atoms with Gasteiger partial charge in [0.25, 0.3) is 0 Å². The van der Waals surface area contributed by atoms with E-state index in [1.54, 1.807) is 0 Å². The van der Waals surface area contributed by atoms with Crippen molar-refractivity contribution in [3.63, 3.8) is 0 Å². The first-order valence-corrected chi connectivity index (χ1v) is 11.5. The molecular formula is C21H29N3O3S. The molecule has 152 valence electrons. The van der Waals surface area contributed by atoms with Gasteiger partial charge < -0.3 is 15.4 Å². The Hall–Kier alpha value is -2.54. The van der Waals surface area contributed by atoms with Gasteiger partial charge in [-0.25, -0.2) is 13.4 Å². The normalized spacial score (nSPS) is 13.0. The molecule has 0 heterocycles. The molecule has 0 spiro atoms. The molecule has 0 aliphatic rings. The van der Waals surface area contributed by atoms with E-state index in [4.69, 9.17) is 4.74 Å². The quantitative estimate of drug-likeness (QED) is 0.496. The van der Waals surface area contributed by atoms with E-state index in [-0.39, 0.29) is 11.8 Å². The molecule has 2 aromatic carbocycles. The standard InChI is InChI=1S/C21H29N3O3S/c1-4-22-21(24-17(2)13-14-28(3,25)26)23-16-18-9-8-12-20(15-18)27-19-10-6-5-7-11-19/h5-12,15,17H,4,13-14,16H2,1-3H3,(H2,22,23,24). The van der Waals surface area contributed by atoms with Gasteiger partial charge >= 0.3 is 0 Å². The predicted molar refractivity (Wildman–Crippen MR) is 115 cm³/mol. The van der Waals surface area contributed by atoms with Crippen LogP contribution < -0.4 is 15.4 Å². The fourth-order valence-electron chi connectivity index (χ4n) is 2.52. The number of hydrogen-bond donors (Lipinski definition) is 2. The summed E-state index contributed by atoms with van der Waals surface area (Å²) in [5, 5.41) is 6.45. The van der Waals surface area contributed by atoms with Crippen molar-refractivity contribution in [3.8, 4) is 11.5 Å². The summed E-state index contributed by atoms with van der Waals surface area (Å²) in [6.07, 6.45) is 1.78. The summed E-state index contributed by atoms with van der Waals surface area (Å²) in [6, 6.07) is 17.5. The third-order valence-corrected chi connectivity index (χ3v) is 4.92. The number of nitrogens with zero attached hydrogens (tertiary/aromatic N) is 1. The molecule has 1 unspecified atom stereocenters. The van der Waals surface area contributed by atoms with E-state index in [1.165, 1.54) is 6.26 Å². The Morgan fingerprint density at radius 3 is 2.50 bits per heavy atom. The number of sulfone groups is 1. The molecule has 28 heavy (non-hydrogen) atoms. The number of aliphatic imine (C=N–C) groups is 1. The van der Waals surface area contributed by atoms with Crippen LogP contribution in [0.3, 0.4) is 0 Å². The summed E-state index contributed by atoms with van der Waals surface area (Å²) >= 11 is 0. The van der Waals surface area contributed by atoms with E-state index in [1.807, 2.05) is 68.4 Å². The van der Waals surface area contributed by atoms with Gasteiger partial charge in [-0.3, -0.25) is 0 Å². The van der Waals surface area contributed by atoms with Crippen molar-refractivity contribution >= 4 is 15.8 Å². The van der Waals surface area contributed by atoms with E-state index < -0.39 is 9.84 Å². The van der Waals surface area contributed by atoms with E-state index in [9.17, 15) is 8.42 Å². The van der Waals surface area contributed by atoms with Gasteiger partial charge in [0.1, 0.15) is 21.3 Å². The van der Waals surface area contributed by atoms with E-state index >= 15 is 0 Å². The molecule has 2 rings (SSSR count). The maximum absolute atomic E-state index is 11.3. The zero-order chi connectivity index (χ0) is 20.4. The molecule has 0 saturated carbocycles. The van der Waals surface area contributed by atoms with Crippen LogP contribution in [0.15, 0.2) is 59.6 Å². The largest absolute Gasteiger partial charge is 0.457 e. The minimum Gasteiger partial charge on any atom is -0.457 e. The maximum Gasteiger partial charge on any atom is 0.191 e. The lowest BCUT2D eigenvalue weighted by Crippen LogP contribution is -2.42. The Kier molecular flexibility index (Phi) is 8.32. The first-order valence-electron chi connectivity index (χ1n) is 9.40. The average molecular weight is 404 g/mol. The third-order valence-electron chi connectivity index (χ3n) is 3.95. The monoisotopic (exact) mass is 403 g/mol. The van der Waals surface area contributed by atoms with Crippen molar-refractivity contribution in [2.45, 2.75) is 32.9 Å². The summed E-state index contributed by atoms with van der Waals surface area (Å²) in [6.45, 7) is 5.15. The van der Waals surface area contributed by atoms with Gasteiger partial charge in [-0.05, 0) is 50.1 Å². The zero-order valence-electron chi connectivity index (χ0n) is 16.7. The van der Waals surface area contributed by atoms with Crippen LogP contribution in [0.1, 0.15) is 25.8 Å². The van der Waals surface area contributed by atoms with Crippen LogP contribution in [-0.4, -0.2) is 39.0 Å². The van der Waals surface area contributed by atoms with Gasteiger partial charge in [-0.15, -0.1) is 0 Å². The highest BCUT2D eigenvalue weighted by Gasteiger charge is 2.09. The molecule has 0 bridgehead atoms. The number of hydrogen-bond acceptors (Lipinski definition) is 4. The van der Waals surface area contributed by atoms with Crippen LogP contribution in [-0.2, 0) is 16.4 Å². The lowest BCUT2D eigenvalue weighted by Gasteiger charge is -2.17. The summed E-state index contributed by atoms with van der Waals surface area (Å²) in [5.74, 6) is 2.37. The van der Waals surface area contributed by atoms with Crippen molar-refractivity contribution in [3.05, 3.63) is 60.2 Å². The molecule has 0 radical (unpaired) electrons. The molecule has 7 heteroatoms. The molecule has 6 nitrogen and oxygen atoms in total. The molecule has 0 amide bonds. The smallest absolute Gasteiger partial charge is 0.191 e. The Morgan fingerprint density at radius 2 is 1.82 bits per heavy atom. The fraction of sp³-hybridized carbons (Fsp3) is 0.381. The molecule has 0 aliphatic carbocycles. The molecule has 0 fully saturated rings. The van der Waals surface area contributed by atoms with Crippen LogP contribution in [0.2, 0.25) is 0 Å². The third kappa shape index (κ3) is 8.43. The highest BCUT2D eigenvalue weighted by atomic mass is 32.2. The number of guanidine groups is 1. The Morgan fingerprint density at radius 1 is 1.11 bits per heavy atom. The van der Waals surface area contributed by atoms with Crippen LogP contribution in [0.25, 0.3) is 0 Å². The van der Waals surface area contributed by atoms with Crippen molar-refractivity contribution in [1.29, 1.82) is 0 Å². The second-order valence-corrected chi connectivity index (χ2v) is 8.98.